The fourth-order valence-corrected chi connectivity index (χ4v) is 4.48. The lowest BCUT2D eigenvalue weighted by atomic mass is 10.2. The van der Waals surface area contributed by atoms with Crippen molar-refractivity contribution < 1.29 is 8.42 Å². The van der Waals surface area contributed by atoms with E-state index < -0.39 is 10.0 Å². The highest BCUT2D eigenvalue weighted by molar-refractivity contribution is 7.91. The van der Waals surface area contributed by atoms with Crippen molar-refractivity contribution >= 4 is 56.2 Å². The number of benzene rings is 1. The third-order valence-corrected chi connectivity index (χ3v) is 6.60. The summed E-state index contributed by atoms with van der Waals surface area (Å²) in [5.41, 5.74) is 0.737. The van der Waals surface area contributed by atoms with Crippen LogP contribution in [0.25, 0.3) is 0 Å². The van der Waals surface area contributed by atoms with E-state index in [0.29, 0.717) is 10.0 Å². The Hall–Kier alpha value is -0.370. The summed E-state index contributed by atoms with van der Waals surface area (Å²) in [6.45, 7) is 0.175. The summed E-state index contributed by atoms with van der Waals surface area (Å²) in [6, 6.07) is 4.98. The SMILES string of the molecule is CN(Cc1ccc(Cl)c(Cl)c1)S(=O)(=O)c1cnc(Cl)s1. The van der Waals surface area contributed by atoms with E-state index in [2.05, 4.69) is 4.98 Å². The van der Waals surface area contributed by atoms with Gasteiger partial charge in [-0.15, -0.1) is 0 Å². The molecule has 0 atom stereocenters. The molecular weight excluding hydrogens is 363 g/mol. The fourth-order valence-electron chi connectivity index (χ4n) is 1.49. The molecule has 20 heavy (non-hydrogen) atoms. The van der Waals surface area contributed by atoms with Crippen molar-refractivity contribution in [1.82, 2.24) is 9.29 Å². The molecular formula is C11H9Cl3N2O2S2. The molecule has 9 heteroatoms. The third-order valence-electron chi connectivity index (χ3n) is 2.51. The molecule has 4 nitrogen and oxygen atoms in total. The van der Waals surface area contributed by atoms with Crippen molar-refractivity contribution in [2.45, 2.75) is 10.8 Å². The summed E-state index contributed by atoms with van der Waals surface area (Å²) in [7, 11) is -2.13. The van der Waals surface area contributed by atoms with Crippen LogP contribution in [0.1, 0.15) is 5.56 Å². The van der Waals surface area contributed by atoms with Gasteiger partial charge in [0.1, 0.15) is 0 Å². The van der Waals surface area contributed by atoms with E-state index in [0.717, 1.165) is 16.9 Å². The molecule has 1 heterocycles. The van der Waals surface area contributed by atoms with Crippen LogP contribution in [-0.2, 0) is 16.6 Å². The number of aromatic nitrogens is 1. The Morgan fingerprint density at radius 2 is 1.95 bits per heavy atom. The predicted molar refractivity (Wildman–Crippen MR) is 82.2 cm³/mol. The van der Waals surface area contributed by atoms with Crippen LogP contribution in [0.3, 0.4) is 0 Å². The number of hydrogen-bond donors (Lipinski definition) is 0. The minimum atomic E-state index is -3.61. The molecule has 108 valence electrons. The van der Waals surface area contributed by atoms with Gasteiger partial charge < -0.3 is 0 Å². The zero-order chi connectivity index (χ0) is 14.9. The molecule has 0 aliphatic heterocycles. The average molecular weight is 372 g/mol. The summed E-state index contributed by atoms with van der Waals surface area (Å²) in [4.78, 5) is 3.74. The van der Waals surface area contributed by atoms with E-state index in [1.807, 2.05) is 0 Å². The second kappa shape index (κ2) is 6.17. The lowest BCUT2D eigenvalue weighted by Gasteiger charge is -2.16. The second-order valence-electron chi connectivity index (χ2n) is 3.94. The van der Waals surface area contributed by atoms with Crippen LogP contribution < -0.4 is 0 Å². The Kier molecular flexibility index (Phi) is 4.94. The quantitative estimate of drug-likeness (QED) is 0.818. The van der Waals surface area contributed by atoms with Crippen molar-refractivity contribution in [3.8, 4) is 0 Å². The van der Waals surface area contributed by atoms with E-state index in [4.69, 9.17) is 34.8 Å². The van der Waals surface area contributed by atoms with Gasteiger partial charge >= 0.3 is 0 Å². The molecule has 1 aromatic carbocycles. The van der Waals surface area contributed by atoms with Crippen molar-refractivity contribution in [1.29, 1.82) is 0 Å². The van der Waals surface area contributed by atoms with Gasteiger partial charge in [-0.3, -0.25) is 0 Å². The first-order valence-electron chi connectivity index (χ1n) is 5.32. The Balaban J connectivity index is 2.23. The van der Waals surface area contributed by atoms with Crippen LogP contribution in [0.15, 0.2) is 28.6 Å². The molecule has 1 aromatic heterocycles. The minimum Gasteiger partial charge on any atom is -0.232 e. The van der Waals surface area contributed by atoms with Crippen LogP contribution in [0, 0.1) is 0 Å². The van der Waals surface area contributed by atoms with Crippen LogP contribution in [0.2, 0.25) is 14.5 Å². The zero-order valence-electron chi connectivity index (χ0n) is 10.2. The summed E-state index contributed by atoms with van der Waals surface area (Å²) < 4.78 is 26.1. The van der Waals surface area contributed by atoms with Crippen molar-refractivity contribution in [3.63, 3.8) is 0 Å². The van der Waals surface area contributed by atoms with Gasteiger partial charge in [-0.1, -0.05) is 52.2 Å². The molecule has 0 fully saturated rings. The topological polar surface area (TPSA) is 50.3 Å². The number of rotatable bonds is 4. The molecule has 0 N–H and O–H groups in total. The zero-order valence-corrected chi connectivity index (χ0v) is 14.1. The van der Waals surface area contributed by atoms with Gasteiger partial charge in [-0.2, -0.15) is 4.31 Å². The van der Waals surface area contributed by atoms with Gasteiger partial charge in [0.25, 0.3) is 10.0 Å². The number of sulfonamides is 1. The summed E-state index contributed by atoms with van der Waals surface area (Å²) in [6.07, 6.45) is 1.24. The van der Waals surface area contributed by atoms with E-state index >= 15 is 0 Å². The first kappa shape index (κ1) is 16.0. The third kappa shape index (κ3) is 3.44. The number of nitrogens with zero attached hydrogens (tertiary/aromatic N) is 2. The molecule has 0 spiro atoms. The Morgan fingerprint density at radius 1 is 1.25 bits per heavy atom. The second-order valence-corrected chi connectivity index (χ2v) is 8.64. The van der Waals surface area contributed by atoms with Crippen LogP contribution in [0.4, 0.5) is 0 Å². The maximum Gasteiger partial charge on any atom is 0.254 e. The van der Waals surface area contributed by atoms with Crippen LogP contribution in [0.5, 0.6) is 0 Å². The van der Waals surface area contributed by atoms with E-state index in [1.165, 1.54) is 17.5 Å². The minimum absolute atomic E-state index is 0.102. The molecule has 0 saturated carbocycles. The van der Waals surface area contributed by atoms with Gasteiger partial charge in [0.2, 0.25) is 0 Å². The monoisotopic (exact) mass is 370 g/mol. The van der Waals surface area contributed by atoms with E-state index in [1.54, 1.807) is 18.2 Å². The summed E-state index contributed by atoms with van der Waals surface area (Å²) in [5.74, 6) is 0. The molecule has 0 aliphatic rings. The highest BCUT2D eigenvalue weighted by Crippen LogP contribution is 2.27. The van der Waals surface area contributed by atoms with Crippen molar-refractivity contribution in [3.05, 3.63) is 44.5 Å². The van der Waals surface area contributed by atoms with Gasteiger partial charge in [-0.25, -0.2) is 13.4 Å². The molecule has 0 amide bonds. The Labute approximate surface area is 136 Å². The van der Waals surface area contributed by atoms with E-state index in [9.17, 15) is 8.42 Å². The van der Waals surface area contributed by atoms with Gasteiger partial charge in [0.15, 0.2) is 8.68 Å². The Bertz CT molecular complexity index is 731. The normalized spacial score (nSPS) is 12.1. The maximum absolute atomic E-state index is 12.3. The maximum atomic E-state index is 12.3. The van der Waals surface area contributed by atoms with Gasteiger partial charge in [0.05, 0.1) is 16.2 Å². The summed E-state index contributed by atoms with van der Waals surface area (Å²) >= 11 is 18.3. The van der Waals surface area contributed by atoms with Crippen molar-refractivity contribution in [2.24, 2.45) is 0 Å². The molecule has 0 radical (unpaired) electrons. The highest BCUT2D eigenvalue weighted by atomic mass is 35.5. The number of halogens is 3. The molecule has 0 aliphatic carbocycles. The molecule has 2 aromatic rings. The molecule has 0 saturated heterocycles. The smallest absolute Gasteiger partial charge is 0.232 e. The van der Waals surface area contributed by atoms with Gasteiger partial charge in [0, 0.05) is 13.6 Å². The lowest BCUT2D eigenvalue weighted by Crippen LogP contribution is -2.25. The summed E-state index contributed by atoms with van der Waals surface area (Å²) in [5, 5.41) is 0.811. The van der Waals surface area contributed by atoms with Crippen LogP contribution >= 0.6 is 46.1 Å². The van der Waals surface area contributed by atoms with Crippen LogP contribution in [-0.4, -0.2) is 24.8 Å². The van der Waals surface area contributed by atoms with Crippen molar-refractivity contribution in [2.75, 3.05) is 7.05 Å². The Morgan fingerprint density at radius 3 is 2.50 bits per heavy atom. The lowest BCUT2D eigenvalue weighted by molar-refractivity contribution is 0.468. The largest absolute Gasteiger partial charge is 0.254 e. The first-order chi connectivity index (χ1) is 9.30. The molecule has 2 rings (SSSR count). The van der Waals surface area contributed by atoms with Gasteiger partial charge in [-0.05, 0) is 17.7 Å². The number of thiazole rings is 1. The van der Waals surface area contributed by atoms with E-state index in [-0.39, 0.29) is 15.2 Å². The molecule has 0 unspecified atom stereocenters. The highest BCUT2D eigenvalue weighted by Gasteiger charge is 2.23. The number of hydrogen-bond acceptors (Lipinski definition) is 4. The average Bonchev–Trinajstić information content (AvgIpc) is 2.81. The molecule has 0 bridgehead atoms. The first-order valence-corrected chi connectivity index (χ1v) is 8.71. The fraction of sp³-hybridized carbons (Fsp3) is 0.182. The standard InChI is InChI=1S/C11H9Cl3N2O2S2/c1-16(6-7-2-3-8(12)9(13)4-7)20(17,18)10-5-15-11(14)19-10/h2-5H,6H2,1H3. The predicted octanol–water partition coefficient (Wildman–Crippen LogP) is 3.92.